The summed E-state index contributed by atoms with van der Waals surface area (Å²) in [6.07, 6.45) is 2.38. The van der Waals surface area contributed by atoms with Crippen LogP contribution in [0.1, 0.15) is 18.4 Å². The Morgan fingerprint density at radius 2 is 1.90 bits per heavy atom. The van der Waals surface area contributed by atoms with Crippen LogP contribution < -0.4 is 9.64 Å². The van der Waals surface area contributed by atoms with Crippen LogP contribution in [0, 0.1) is 0 Å². The van der Waals surface area contributed by atoms with E-state index in [9.17, 15) is 13.2 Å². The van der Waals surface area contributed by atoms with Gasteiger partial charge in [-0.25, -0.2) is 27.5 Å². The fourth-order valence-corrected chi connectivity index (χ4v) is 4.82. The molecule has 0 atom stereocenters. The number of sulfonamides is 1. The first-order chi connectivity index (χ1) is 14.8. The number of ether oxygens (including phenoxy) is 1. The molecule has 3 heterocycles. The molecule has 0 saturated carbocycles. The molecule has 2 aliphatic heterocycles. The number of amides is 1. The van der Waals surface area contributed by atoms with Crippen LogP contribution >= 0.6 is 0 Å². The van der Waals surface area contributed by atoms with Crippen molar-refractivity contribution in [2.75, 3.05) is 38.6 Å². The first-order valence-electron chi connectivity index (χ1n) is 10.1. The number of fused-ring (bicyclic) bond motifs is 1. The van der Waals surface area contributed by atoms with Crippen molar-refractivity contribution in [1.29, 1.82) is 0 Å². The number of benzene rings is 1. The smallest absolute Gasteiger partial charge is 0.407 e. The van der Waals surface area contributed by atoms with Crippen molar-refractivity contribution in [3.8, 4) is 5.88 Å². The molecule has 166 valence electrons. The van der Waals surface area contributed by atoms with Crippen molar-refractivity contribution >= 4 is 27.6 Å². The third kappa shape index (κ3) is 4.28. The monoisotopic (exact) mass is 447 g/mol. The molecule has 31 heavy (non-hydrogen) atoms. The van der Waals surface area contributed by atoms with Crippen molar-refractivity contribution in [1.82, 2.24) is 19.2 Å². The van der Waals surface area contributed by atoms with Crippen LogP contribution in [0.4, 0.5) is 16.3 Å². The second-order valence-electron chi connectivity index (χ2n) is 7.78. The van der Waals surface area contributed by atoms with Gasteiger partial charge in [-0.15, -0.1) is 0 Å². The average Bonchev–Trinajstić information content (AvgIpc) is 3.17. The zero-order valence-corrected chi connectivity index (χ0v) is 18.2. The van der Waals surface area contributed by atoms with E-state index in [1.165, 1.54) is 29.6 Å². The molecule has 1 aromatic heterocycles. The maximum atomic E-state index is 12.4. The summed E-state index contributed by atoms with van der Waals surface area (Å²) in [4.78, 5) is 23.3. The lowest BCUT2D eigenvalue weighted by molar-refractivity contribution is 0.0870. The SMILES string of the molecule is CN(C)S(=O)(=O)c1ccc2c(c1)CCN2c1cc(OC2CCN(C(=O)O)CC2)ncn1. The standard InChI is InChI=1S/C20H25N5O5S/c1-23(2)31(28,29)16-3-4-17-14(11-16)5-10-25(17)18-12-19(22-13-21-18)30-15-6-8-24(9-7-15)20(26)27/h3-4,11-13,15H,5-10H2,1-2H3,(H,26,27). The number of hydrogen-bond acceptors (Lipinski definition) is 7. The Hall–Kier alpha value is -2.92. The number of hydrogen-bond donors (Lipinski definition) is 1. The summed E-state index contributed by atoms with van der Waals surface area (Å²) in [5.41, 5.74) is 1.86. The highest BCUT2D eigenvalue weighted by molar-refractivity contribution is 7.89. The highest BCUT2D eigenvalue weighted by atomic mass is 32.2. The lowest BCUT2D eigenvalue weighted by atomic mass is 10.1. The number of aromatic nitrogens is 2. The van der Waals surface area contributed by atoms with Crippen molar-refractivity contribution < 1.29 is 23.1 Å². The summed E-state index contributed by atoms with van der Waals surface area (Å²) in [6.45, 7) is 1.56. The number of piperidine rings is 1. The third-order valence-corrected chi connectivity index (χ3v) is 7.44. The van der Waals surface area contributed by atoms with Gasteiger partial charge in [0.25, 0.3) is 0 Å². The lowest BCUT2D eigenvalue weighted by Gasteiger charge is -2.30. The zero-order chi connectivity index (χ0) is 22.2. The zero-order valence-electron chi connectivity index (χ0n) is 17.4. The minimum atomic E-state index is -3.48. The molecule has 1 fully saturated rings. The molecule has 11 heteroatoms. The Labute approximate surface area is 181 Å². The third-order valence-electron chi connectivity index (χ3n) is 5.63. The lowest BCUT2D eigenvalue weighted by Crippen LogP contribution is -2.41. The molecule has 1 aromatic carbocycles. The normalized spacial score (nSPS) is 17.1. The van der Waals surface area contributed by atoms with Crippen molar-refractivity contribution in [2.24, 2.45) is 0 Å². The second kappa shape index (κ2) is 8.31. The van der Waals surface area contributed by atoms with Gasteiger partial charge in [0.1, 0.15) is 18.2 Å². The van der Waals surface area contributed by atoms with Crippen molar-refractivity contribution in [2.45, 2.75) is 30.3 Å². The Kier molecular flexibility index (Phi) is 5.71. The van der Waals surface area contributed by atoms with Crippen molar-refractivity contribution in [3.05, 3.63) is 36.2 Å². The van der Waals surface area contributed by atoms with E-state index >= 15 is 0 Å². The van der Waals surface area contributed by atoms with Crippen molar-refractivity contribution in [3.63, 3.8) is 0 Å². The molecular formula is C20H25N5O5S. The number of carboxylic acid groups (broad SMARTS) is 1. The summed E-state index contributed by atoms with van der Waals surface area (Å²) in [5.74, 6) is 1.12. The van der Waals surface area contributed by atoms with Gasteiger partial charge in [0.15, 0.2) is 0 Å². The quantitative estimate of drug-likeness (QED) is 0.739. The fourth-order valence-electron chi connectivity index (χ4n) is 3.87. The number of nitrogens with zero attached hydrogens (tertiary/aromatic N) is 5. The van der Waals surface area contributed by atoms with Crippen LogP contribution in [0.5, 0.6) is 5.88 Å². The van der Waals surface area contributed by atoms with Gasteiger partial charge in [-0.1, -0.05) is 0 Å². The second-order valence-corrected chi connectivity index (χ2v) is 9.93. The Bertz CT molecular complexity index is 1080. The van der Waals surface area contributed by atoms with Gasteiger partial charge < -0.3 is 19.6 Å². The highest BCUT2D eigenvalue weighted by Gasteiger charge is 2.27. The van der Waals surface area contributed by atoms with Gasteiger partial charge in [-0.05, 0) is 30.2 Å². The van der Waals surface area contributed by atoms with E-state index in [-0.39, 0.29) is 11.0 Å². The van der Waals surface area contributed by atoms with E-state index in [4.69, 9.17) is 9.84 Å². The van der Waals surface area contributed by atoms with E-state index in [1.807, 2.05) is 11.0 Å². The molecule has 0 bridgehead atoms. The van der Waals surface area contributed by atoms with Gasteiger partial charge >= 0.3 is 6.09 Å². The number of anilines is 2. The van der Waals surface area contributed by atoms with Crippen LogP contribution in [-0.4, -0.2) is 78.6 Å². The Morgan fingerprint density at radius 1 is 1.16 bits per heavy atom. The molecule has 1 amide bonds. The largest absolute Gasteiger partial charge is 0.474 e. The van der Waals surface area contributed by atoms with E-state index < -0.39 is 16.1 Å². The molecule has 0 aliphatic carbocycles. The average molecular weight is 448 g/mol. The first kappa shape index (κ1) is 21.3. The van der Waals surface area contributed by atoms with E-state index in [2.05, 4.69) is 9.97 Å². The van der Waals surface area contributed by atoms with Crippen LogP contribution in [-0.2, 0) is 16.4 Å². The number of rotatable bonds is 5. The Morgan fingerprint density at radius 3 is 2.58 bits per heavy atom. The summed E-state index contributed by atoms with van der Waals surface area (Å²) in [6, 6.07) is 6.91. The molecule has 0 radical (unpaired) electrons. The van der Waals surface area contributed by atoms with Crippen LogP contribution in [0.2, 0.25) is 0 Å². The molecule has 2 aliphatic rings. The van der Waals surface area contributed by atoms with Gasteiger partial charge in [0, 0.05) is 58.3 Å². The first-order valence-corrected chi connectivity index (χ1v) is 11.5. The van der Waals surface area contributed by atoms with E-state index in [1.54, 1.807) is 18.2 Å². The predicted octanol–water partition coefficient (Wildman–Crippen LogP) is 1.94. The molecule has 0 unspecified atom stereocenters. The van der Waals surface area contributed by atoms with Gasteiger partial charge in [0.2, 0.25) is 15.9 Å². The number of likely N-dealkylation sites (tertiary alicyclic amines) is 1. The van der Waals surface area contributed by atoms with Gasteiger partial charge in [0.05, 0.1) is 4.90 Å². The maximum Gasteiger partial charge on any atom is 0.407 e. The molecule has 1 saturated heterocycles. The molecule has 10 nitrogen and oxygen atoms in total. The topological polar surface area (TPSA) is 116 Å². The van der Waals surface area contributed by atoms with E-state index in [0.717, 1.165) is 11.3 Å². The summed E-state index contributed by atoms with van der Waals surface area (Å²) in [5, 5.41) is 9.06. The van der Waals surface area contributed by atoms with Crippen LogP contribution in [0.15, 0.2) is 35.5 Å². The Balaban J connectivity index is 1.49. The van der Waals surface area contributed by atoms with Crippen LogP contribution in [0.3, 0.4) is 0 Å². The van der Waals surface area contributed by atoms with E-state index in [0.29, 0.717) is 50.6 Å². The summed E-state index contributed by atoms with van der Waals surface area (Å²) < 4.78 is 32.0. The fraction of sp³-hybridized carbons (Fsp3) is 0.450. The molecule has 1 N–H and O–H groups in total. The molecular weight excluding hydrogens is 422 g/mol. The predicted molar refractivity (Wildman–Crippen MR) is 113 cm³/mol. The highest BCUT2D eigenvalue weighted by Crippen LogP contribution is 2.36. The van der Waals surface area contributed by atoms with Crippen LogP contribution in [0.25, 0.3) is 0 Å². The molecule has 4 rings (SSSR count). The van der Waals surface area contributed by atoms with Gasteiger partial charge in [-0.2, -0.15) is 0 Å². The minimum Gasteiger partial charge on any atom is -0.474 e. The minimum absolute atomic E-state index is 0.0944. The summed E-state index contributed by atoms with van der Waals surface area (Å²) in [7, 11) is -0.451. The molecule has 2 aromatic rings. The number of carbonyl (C=O) groups is 1. The van der Waals surface area contributed by atoms with Gasteiger partial charge in [-0.3, -0.25) is 0 Å². The summed E-state index contributed by atoms with van der Waals surface area (Å²) >= 11 is 0. The maximum absolute atomic E-state index is 12.4. The molecule has 0 spiro atoms.